The number of nitrogens with zero attached hydrogens (tertiary/aromatic N) is 3. The first kappa shape index (κ1) is 19.4. The number of allylic oxidation sites excluding steroid dienone is 1. The molecule has 3 rings (SSSR count). The molecule has 3 aromatic rings. The third-order valence-electron chi connectivity index (χ3n) is 3.75. The molecular formula is C20H19BrN4OS. The normalized spacial score (nSPS) is 10.6. The molecule has 0 bridgehead atoms. The van der Waals surface area contributed by atoms with Gasteiger partial charge in [0.1, 0.15) is 5.82 Å². The number of nitrogens with one attached hydrogen (secondary N) is 1. The molecule has 1 aromatic heterocycles. The van der Waals surface area contributed by atoms with Gasteiger partial charge in [0.05, 0.1) is 5.75 Å². The average molecular weight is 443 g/mol. The van der Waals surface area contributed by atoms with Gasteiger partial charge in [-0.05, 0) is 23.8 Å². The largest absolute Gasteiger partial charge is 0.325 e. The van der Waals surface area contributed by atoms with Crippen LogP contribution < -0.4 is 5.32 Å². The van der Waals surface area contributed by atoms with Crippen molar-refractivity contribution in [3.63, 3.8) is 0 Å². The summed E-state index contributed by atoms with van der Waals surface area (Å²) in [7, 11) is 0. The summed E-state index contributed by atoms with van der Waals surface area (Å²) in [6, 6.07) is 17.6. The first-order valence-electron chi connectivity index (χ1n) is 8.41. The summed E-state index contributed by atoms with van der Waals surface area (Å²) in [6.07, 6.45) is 2.50. The number of thioether (sulfide) groups is 1. The van der Waals surface area contributed by atoms with E-state index >= 15 is 0 Å². The molecular weight excluding hydrogens is 424 g/mol. The smallest absolute Gasteiger partial charge is 0.234 e. The Balaban J connectivity index is 1.65. The van der Waals surface area contributed by atoms with Crippen LogP contribution in [-0.4, -0.2) is 26.4 Å². The fourth-order valence-corrected chi connectivity index (χ4v) is 3.71. The lowest BCUT2D eigenvalue weighted by Gasteiger charge is -2.08. The lowest BCUT2D eigenvalue weighted by molar-refractivity contribution is -0.113. The quantitative estimate of drug-likeness (QED) is 0.410. The van der Waals surface area contributed by atoms with E-state index in [0.29, 0.717) is 18.1 Å². The maximum atomic E-state index is 12.2. The van der Waals surface area contributed by atoms with Gasteiger partial charge in [0, 0.05) is 23.1 Å². The Morgan fingerprint density at radius 1 is 1.19 bits per heavy atom. The Morgan fingerprint density at radius 3 is 2.74 bits per heavy atom. The minimum Gasteiger partial charge on any atom is -0.325 e. The topological polar surface area (TPSA) is 59.8 Å². The van der Waals surface area contributed by atoms with Gasteiger partial charge in [-0.15, -0.1) is 16.8 Å². The zero-order chi connectivity index (χ0) is 19.1. The predicted octanol–water partition coefficient (Wildman–Crippen LogP) is 4.55. The summed E-state index contributed by atoms with van der Waals surface area (Å²) in [5.41, 5.74) is 1.92. The molecule has 1 heterocycles. The highest BCUT2D eigenvalue weighted by Crippen LogP contribution is 2.20. The van der Waals surface area contributed by atoms with Crippen LogP contribution in [0.4, 0.5) is 5.69 Å². The van der Waals surface area contributed by atoms with Crippen LogP contribution in [0.1, 0.15) is 11.4 Å². The number of hydrogen-bond donors (Lipinski definition) is 1. The molecule has 5 nitrogen and oxygen atoms in total. The number of halogens is 1. The summed E-state index contributed by atoms with van der Waals surface area (Å²) in [6.45, 7) is 4.42. The highest BCUT2D eigenvalue weighted by Gasteiger charge is 2.14. The molecule has 0 saturated carbocycles. The number of hydrogen-bond acceptors (Lipinski definition) is 4. The fourth-order valence-electron chi connectivity index (χ4n) is 2.54. The zero-order valence-electron chi connectivity index (χ0n) is 14.6. The second kappa shape index (κ2) is 9.53. The third-order valence-corrected chi connectivity index (χ3v) is 5.21. The van der Waals surface area contributed by atoms with Crippen molar-refractivity contribution in [3.05, 3.63) is 83.1 Å². The number of anilines is 1. The molecule has 1 amide bonds. The minimum atomic E-state index is -0.0872. The average Bonchev–Trinajstić information content (AvgIpc) is 3.03. The Bertz CT molecular complexity index is 927. The van der Waals surface area contributed by atoms with Gasteiger partial charge in [0.2, 0.25) is 5.91 Å². The van der Waals surface area contributed by atoms with E-state index in [1.807, 2.05) is 53.1 Å². The molecule has 1 N–H and O–H groups in total. The van der Waals surface area contributed by atoms with Crippen molar-refractivity contribution in [1.82, 2.24) is 14.8 Å². The number of carbonyl (C=O) groups excluding carboxylic acids is 1. The van der Waals surface area contributed by atoms with Crippen LogP contribution in [0.25, 0.3) is 0 Å². The predicted molar refractivity (Wildman–Crippen MR) is 113 cm³/mol. The SMILES string of the molecule is C=CCn1c(Cc2ccccc2)nnc1SCC(=O)Nc1cccc(Br)c1. The molecule has 138 valence electrons. The first-order chi connectivity index (χ1) is 13.2. The van der Waals surface area contributed by atoms with Crippen LogP contribution in [0.2, 0.25) is 0 Å². The van der Waals surface area contributed by atoms with Crippen molar-refractivity contribution in [2.75, 3.05) is 11.1 Å². The van der Waals surface area contributed by atoms with E-state index in [1.165, 1.54) is 17.3 Å². The van der Waals surface area contributed by atoms with E-state index < -0.39 is 0 Å². The van der Waals surface area contributed by atoms with Gasteiger partial charge < -0.3 is 9.88 Å². The molecule has 0 unspecified atom stereocenters. The monoisotopic (exact) mass is 442 g/mol. The Labute approximate surface area is 171 Å². The van der Waals surface area contributed by atoms with E-state index in [2.05, 4.69) is 50.2 Å². The summed E-state index contributed by atoms with van der Waals surface area (Å²) in [4.78, 5) is 12.2. The van der Waals surface area contributed by atoms with Crippen molar-refractivity contribution in [2.45, 2.75) is 18.1 Å². The fraction of sp³-hybridized carbons (Fsp3) is 0.150. The number of carbonyl (C=O) groups is 1. The Kier molecular flexibility index (Phi) is 6.84. The lowest BCUT2D eigenvalue weighted by Crippen LogP contribution is -2.14. The number of rotatable bonds is 8. The van der Waals surface area contributed by atoms with Gasteiger partial charge >= 0.3 is 0 Å². The molecule has 0 aliphatic rings. The molecule has 0 fully saturated rings. The molecule has 0 radical (unpaired) electrons. The molecule has 0 saturated heterocycles. The lowest BCUT2D eigenvalue weighted by atomic mass is 10.1. The van der Waals surface area contributed by atoms with E-state index in [0.717, 1.165) is 16.0 Å². The minimum absolute atomic E-state index is 0.0872. The molecule has 0 spiro atoms. The van der Waals surface area contributed by atoms with Gasteiger partial charge in [-0.1, -0.05) is 70.2 Å². The van der Waals surface area contributed by atoms with Gasteiger partial charge in [-0.3, -0.25) is 4.79 Å². The third kappa shape index (κ3) is 5.55. The summed E-state index contributed by atoms with van der Waals surface area (Å²) in [5.74, 6) is 1.03. The van der Waals surface area contributed by atoms with Crippen molar-refractivity contribution < 1.29 is 4.79 Å². The van der Waals surface area contributed by atoms with Gasteiger partial charge in [0.25, 0.3) is 0 Å². The van der Waals surface area contributed by atoms with E-state index in [4.69, 9.17) is 0 Å². The number of benzene rings is 2. The summed E-state index contributed by atoms with van der Waals surface area (Å²) < 4.78 is 2.92. The molecule has 2 aromatic carbocycles. The first-order valence-corrected chi connectivity index (χ1v) is 10.2. The van der Waals surface area contributed by atoms with Crippen molar-refractivity contribution >= 4 is 39.3 Å². The van der Waals surface area contributed by atoms with Crippen LogP contribution in [0.15, 0.2) is 76.9 Å². The second-order valence-corrected chi connectivity index (χ2v) is 7.67. The highest BCUT2D eigenvalue weighted by atomic mass is 79.9. The molecule has 0 aliphatic carbocycles. The van der Waals surface area contributed by atoms with Gasteiger partial charge in [-0.2, -0.15) is 0 Å². The van der Waals surface area contributed by atoms with E-state index in [-0.39, 0.29) is 11.7 Å². The number of aromatic nitrogens is 3. The Morgan fingerprint density at radius 2 is 2.00 bits per heavy atom. The second-order valence-electron chi connectivity index (χ2n) is 5.81. The van der Waals surface area contributed by atoms with Crippen LogP contribution in [0.3, 0.4) is 0 Å². The molecule has 0 aliphatic heterocycles. The van der Waals surface area contributed by atoms with Crippen molar-refractivity contribution in [2.24, 2.45) is 0 Å². The Hall–Kier alpha value is -2.38. The molecule has 27 heavy (non-hydrogen) atoms. The maximum absolute atomic E-state index is 12.2. The maximum Gasteiger partial charge on any atom is 0.234 e. The number of amides is 1. The molecule has 0 atom stereocenters. The van der Waals surface area contributed by atoms with Gasteiger partial charge in [0.15, 0.2) is 5.16 Å². The van der Waals surface area contributed by atoms with Crippen LogP contribution in [-0.2, 0) is 17.8 Å². The van der Waals surface area contributed by atoms with Gasteiger partial charge in [-0.25, -0.2) is 0 Å². The van der Waals surface area contributed by atoms with Crippen LogP contribution in [0, 0.1) is 0 Å². The van der Waals surface area contributed by atoms with E-state index in [9.17, 15) is 4.79 Å². The van der Waals surface area contributed by atoms with E-state index in [1.54, 1.807) is 0 Å². The summed E-state index contributed by atoms with van der Waals surface area (Å²) in [5, 5.41) is 12.2. The summed E-state index contributed by atoms with van der Waals surface area (Å²) >= 11 is 4.76. The standard InChI is InChI=1S/C20H19BrN4OS/c1-2-11-25-18(12-15-7-4-3-5-8-15)23-24-20(25)27-14-19(26)22-17-10-6-9-16(21)13-17/h2-10,13H,1,11-12,14H2,(H,22,26). The highest BCUT2D eigenvalue weighted by molar-refractivity contribution is 9.10. The van der Waals surface area contributed by atoms with Crippen LogP contribution in [0.5, 0.6) is 0 Å². The van der Waals surface area contributed by atoms with Crippen LogP contribution >= 0.6 is 27.7 Å². The van der Waals surface area contributed by atoms with Crippen molar-refractivity contribution in [3.8, 4) is 0 Å². The zero-order valence-corrected chi connectivity index (χ0v) is 17.0. The molecule has 7 heteroatoms. The van der Waals surface area contributed by atoms with Crippen molar-refractivity contribution in [1.29, 1.82) is 0 Å².